The molecule has 3 nitrogen and oxygen atoms in total. The van der Waals surface area contributed by atoms with E-state index in [0.29, 0.717) is 5.84 Å². The third kappa shape index (κ3) is 3.02. The second-order valence-corrected chi connectivity index (χ2v) is 2.20. The Labute approximate surface area is 60.8 Å². The number of aliphatic hydroxyl groups excluding tert-OH is 1. The summed E-state index contributed by atoms with van der Waals surface area (Å²) in [6, 6.07) is 0. The third-order valence-corrected chi connectivity index (χ3v) is 0.922. The summed E-state index contributed by atoms with van der Waals surface area (Å²) in [4.78, 5) is 7.25. The molecule has 0 amide bonds. The van der Waals surface area contributed by atoms with E-state index in [1.165, 1.54) is 0 Å². The van der Waals surface area contributed by atoms with E-state index < -0.39 is 0 Å². The van der Waals surface area contributed by atoms with Gasteiger partial charge in [-0.25, -0.2) is 4.99 Å². The Morgan fingerprint density at radius 3 is 2.10 bits per heavy atom. The predicted molar refractivity (Wildman–Crippen MR) is 43.6 cm³/mol. The Balaban J connectivity index is 4.33. The molecular weight excluding hydrogens is 128 g/mol. The fourth-order valence-electron chi connectivity index (χ4n) is 0.479. The molecule has 0 unspecified atom stereocenters. The van der Waals surface area contributed by atoms with Crippen LogP contribution in [0.4, 0.5) is 0 Å². The molecule has 0 spiro atoms. The van der Waals surface area contributed by atoms with Gasteiger partial charge in [0.25, 0.3) is 0 Å². The predicted octanol–water partition coefficient (Wildman–Crippen LogP) is 1.77. The fourth-order valence-corrected chi connectivity index (χ4v) is 0.479. The first-order valence-electron chi connectivity index (χ1n) is 3.01. The summed E-state index contributed by atoms with van der Waals surface area (Å²) in [5, 5.41) is 8.63. The summed E-state index contributed by atoms with van der Waals surface area (Å²) < 4.78 is 0. The van der Waals surface area contributed by atoms with Crippen LogP contribution in [0.2, 0.25) is 0 Å². The number of rotatable bonds is 2. The Hall–Kier alpha value is -1.12. The summed E-state index contributed by atoms with van der Waals surface area (Å²) in [6.45, 7) is 10.3. The van der Waals surface area contributed by atoms with Crippen molar-refractivity contribution in [1.29, 1.82) is 0 Å². The zero-order chi connectivity index (χ0) is 8.15. The lowest BCUT2D eigenvalue weighted by Crippen LogP contribution is -2.03. The monoisotopic (exact) mass is 140 g/mol. The van der Waals surface area contributed by atoms with Crippen LogP contribution in [0.5, 0.6) is 0 Å². The molecule has 0 fully saturated rings. The van der Waals surface area contributed by atoms with Crippen LogP contribution in [0.15, 0.2) is 22.4 Å². The van der Waals surface area contributed by atoms with Gasteiger partial charge in [0, 0.05) is 5.92 Å². The van der Waals surface area contributed by atoms with Gasteiger partial charge in [0.05, 0.1) is 0 Å². The van der Waals surface area contributed by atoms with Gasteiger partial charge in [-0.3, -0.25) is 0 Å². The highest BCUT2D eigenvalue weighted by Crippen LogP contribution is 2.00. The molecule has 0 aliphatic heterocycles. The molecule has 0 radical (unpaired) electrons. The van der Waals surface area contributed by atoms with Crippen LogP contribution in [0, 0.1) is 5.92 Å². The normalized spacial score (nSPS) is 11.7. The summed E-state index contributed by atoms with van der Waals surface area (Å²) in [5.74, 6) is 0.449. The first kappa shape index (κ1) is 8.88. The molecule has 1 N–H and O–H groups in total. The maximum atomic E-state index is 8.63. The topological polar surface area (TPSA) is 45.0 Å². The summed E-state index contributed by atoms with van der Waals surface area (Å²) >= 11 is 0. The highest BCUT2D eigenvalue weighted by Gasteiger charge is 2.00. The smallest absolute Gasteiger partial charge is 0.204 e. The second-order valence-electron chi connectivity index (χ2n) is 2.20. The molecule has 0 aromatic rings. The van der Waals surface area contributed by atoms with Crippen molar-refractivity contribution in [2.75, 3.05) is 0 Å². The molecule has 0 bridgehead atoms. The van der Waals surface area contributed by atoms with Crippen LogP contribution in [0.1, 0.15) is 13.8 Å². The maximum absolute atomic E-state index is 8.63. The molecule has 56 valence electrons. The van der Waals surface area contributed by atoms with Gasteiger partial charge in [0.2, 0.25) is 5.88 Å². The van der Waals surface area contributed by atoms with E-state index in [4.69, 9.17) is 5.11 Å². The molecule has 0 aliphatic carbocycles. The van der Waals surface area contributed by atoms with Crippen molar-refractivity contribution in [3.8, 4) is 0 Å². The molecule has 0 rings (SSSR count). The van der Waals surface area contributed by atoms with Crippen LogP contribution in [0.25, 0.3) is 0 Å². The molecule has 0 aliphatic rings. The van der Waals surface area contributed by atoms with Gasteiger partial charge in [-0.1, -0.05) is 13.8 Å². The molecule has 10 heavy (non-hydrogen) atoms. The SMILES string of the molecule is C=N/C(=N\C(=C)O)C(C)C. The van der Waals surface area contributed by atoms with E-state index in [0.717, 1.165) is 0 Å². The molecule has 0 aromatic carbocycles. The minimum Gasteiger partial charge on any atom is -0.494 e. The Morgan fingerprint density at radius 2 is 2.00 bits per heavy atom. The first-order chi connectivity index (χ1) is 4.57. The van der Waals surface area contributed by atoms with Gasteiger partial charge < -0.3 is 5.11 Å². The molecular formula is C7H12N2O. The van der Waals surface area contributed by atoms with Crippen molar-refractivity contribution in [2.24, 2.45) is 15.9 Å². The number of hydrogen-bond donors (Lipinski definition) is 1. The molecule has 3 heteroatoms. The van der Waals surface area contributed by atoms with Crippen molar-refractivity contribution < 1.29 is 5.11 Å². The molecule has 0 atom stereocenters. The standard InChI is InChI=1S/C7H12N2O/c1-5(2)7(8-4)9-6(3)10/h5,10H,3-4H2,1-2H3/b9-7-. The Kier molecular flexibility index (Phi) is 3.39. The Morgan fingerprint density at radius 1 is 1.50 bits per heavy atom. The summed E-state index contributed by atoms with van der Waals surface area (Å²) in [5.41, 5.74) is 0. The first-order valence-corrected chi connectivity index (χ1v) is 3.01. The number of nitrogens with zero attached hydrogens (tertiary/aromatic N) is 2. The van der Waals surface area contributed by atoms with Crippen molar-refractivity contribution in [1.82, 2.24) is 0 Å². The van der Waals surface area contributed by atoms with E-state index >= 15 is 0 Å². The summed E-state index contributed by atoms with van der Waals surface area (Å²) in [6.07, 6.45) is 0. The van der Waals surface area contributed by atoms with E-state index in [9.17, 15) is 0 Å². The minimum atomic E-state index is -0.226. The van der Waals surface area contributed by atoms with Gasteiger partial charge in [-0.2, -0.15) is 4.99 Å². The van der Waals surface area contributed by atoms with Gasteiger partial charge in [0.15, 0.2) is 0 Å². The van der Waals surface area contributed by atoms with E-state index in [2.05, 4.69) is 23.3 Å². The lowest BCUT2D eigenvalue weighted by Gasteiger charge is -2.01. The molecule has 0 heterocycles. The van der Waals surface area contributed by atoms with Gasteiger partial charge >= 0.3 is 0 Å². The van der Waals surface area contributed by atoms with E-state index in [-0.39, 0.29) is 11.8 Å². The highest BCUT2D eigenvalue weighted by molar-refractivity contribution is 5.88. The van der Waals surface area contributed by atoms with Crippen molar-refractivity contribution in [3.05, 3.63) is 12.5 Å². The largest absolute Gasteiger partial charge is 0.494 e. The van der Waals surface area contributed by atoms with Gasteiger partial charge in [-0.05, 0) is 13.3 Å². The molecule has 0 saturated carbocycles. The van der Waals surface area contributed by atoms with E-state index in [1.54, 1.807) is 0 Å². The average Bonchev–Trinajstić information content (AvgIpc) is 1.81. The number of aliphatic hydroxyl groups is 1. The third-order valence-electron chi connectivity index (χ3n) is 0.922. The Bertz CT molecular complexity index is 170. The van der Waals surface area contributed by atoms with Crippen molar-refractivity contribution in [2.45, 2.75) is 13.8 Å². The molecule has 0 saturated heterocycles. The highest BCUT2D eigenvalue weighted by atomic mass is 16.3. The lowest BCUT2D eigenvalue weighted by atomic mass is 10.2. The van der Waals surface area contributed by atoms with Crippen molar-refractivity contribution >= 4 is 12.6 Å². The minimum absolute atomic E-state index is 0.168. The number of amidine groups is 1. The quantitative estimate of drug-likeness (QED) is 0.354. The lowest BCUT2D eigenvalue weighted by molar-refractivity contribution is 0.409. The van der Waals surface area contributed by atoms with Crippen LogP contribution in [-0.4, -0.2) is 17.7 Å². The number of hydrogen-bond acceptors (Lipinski definition) is 2. The van der Waals surface area contributed by atoms with Crippen molar-refractivity contribution in [3.63, 3.8) is 0 Å². The van der Waals surface area contributed by atoms with Crippen LogP contribution in [-0.2, 0) is 0 Å². The van der Waals surface area contributed by atoms with Crippen LogP contribution >= 0.6 is 0 Å². The van der Waals surface area contributed by atoms with Gasteiger partial charge in [-0.15, -0.1) is 0 Å². The number of aliphatic imine (C=N–C) groups is 2. The van der Waals surface area contributed by atoms with E-state index in [1.807, 2.05) is 13.8 Å². The zero-order valence-corrected chi connectivity index (χ0v) is 6.33. The van der Waals surface area contributed by atoms with Crippen LogP contribution in [0.3, 0.4) is 0 Å². The van der Waals surface area contributed by atoms with Crippen LogP contribution < -0.4 is 0 Å². The second kappa shape index (κ2) is 3.82. The fraction of sp³-hybridized carbons (Fsp3) is 0.429. The molecule has 0 aromatic heterocycles. The maximum Gasteiger partial charge on any atom is 0.204 e. The summed E-state index contributed by atoms with van der Waals surface area (Å²) in [7, 11) is 0. The zero-order valence-electron chi connectivity index (χ0n) is 6.33. The van der Waals surface area contributed by atoms with Gasteiger partial charge in [0.1, 0.15) is 5.84 Å². The average molecular weight is 140 g/mol.